The van der Waals surface area contributed by atoms with Gasteiger partial charge in [0.05, 0.1) is 11.7 Å². The van der Waals surface area contributed by atoms with E-state index in [-0.39, 0.29) is 12.0 Å². The average molecular weight is 538 g/mol. The van der Waals surface area contributed by atoms with Crippen molar-refractivity contribution in [3.05, 3.63) is 93.9 Å². The Morgan fingerprint density at radius 2 is 1.85 bits per heavy atom. The van der Waals surface area contributed by atoms with Gasteiger partial charge in [-0.15, -0.1) is 0 Å². The summed E-state index contributed by atoms with van der Waals surface area (Å²) in [7, 11) is 0. The number of benzene rings is 1. The molecule has 1 aromatic heterocycles. The number of allylic oxidation sites excluding steroid dienone is 5. The van der Waals surface area contributed by atoms with Crippen LogP contribution in [0.4, 0.5) is 0 Å². The van der Waals surface area contributed by atoms with E-state index in [2.05, 4.69) is 121 Å². The second-order valence-corrected chi connectivity index (χ2v) is 11.9. The number of aromatic nitrogens is 1. The number of nitrogens with zero attached hydrogens (tertiary/aromatic N) is 3. The Labute approximate surface area is 244 Å². The quantitative estimate of drug-likeness (QED) is 0.132. The maximum Gasteiger partial charge on any atom is 0.229 e. The molecule has 3 nitrogen and oxygen atoms in total. The van der Waals surface area contributed by atoms with Crippen LogP contribution in [0.2, 0.25) is 0 Å². The molecule has 0 fully saturated rings. The molecule has 2 aromatic rings. The minimum Gasteiger partial charge on any atom is -0.283 e. The SMILES string of the molecule is C=C/C=C\c1cccc(CC(C)C)c1C(C)C(C)/N=C(\N=C)n1c(C)c(C)c(C2CCCCC=C2C)c1/C=C\C. The van der Waals surface area contributed by atoms with Crippen LogP contribution in [-0.4, -0.2) is 23.3 Å². The third-order valence-electron chi connectivity index (χ3n) is 8.54. The fourth-order valence-corrected chi connectivity index (χ4v) is 6.27. The molecule has 3 heteroatoms. The molecular weight excluding hydrogens is 486 g/mol. The third-order valence-corrected chi connectivity index (χ3v) is 8.54. The van der Waals surface area contributed by atoms with E-state index in [1.807, 2.05) is 12.2 Å². The van der Waals surface area contributed by atoms with Crippen molar-refractivity contribution < 1.29 is 0 Å². The fraction of sp³-hybridized carbons (Fsp3) is 0.459. The zero-order chi connectivity index (χ0) is 29.4. The van der Waals surface area contributed by atoms with Crippen LogP contribution in [0, 0.1) is 19.8 Å². The molecule has 1 heterocycles. The number of rotatable bonds is 9. The van der Waals surface area contributed by atoms with E-state index in [0.29, 0.717) is 17.8 Å². The predicted molar refractivity (Wildman–Crippen MR) is 178 cm³/mol. The highest BCUT2D eigenvalue weighted by molar-refractivity contribution is 5.90. The number of hydrogen-bond acceptors (Lipinski definition) is 1. The fourth-order valence-electron chi connectivity index (χ4n) is 6.27. The first-order chi connectivity index (χ1) is 19.2. The Morgan fingerprint density at radius 3 is 2.50 bits per heavy atom. The van der Waals surface area contributed by atoms with E-state index < -0.39 is 0 Å². The van der Waals surface area contributed by atoms with Gasteiger partial charge in [0.15, 0.2) is 0 Å². The van der Waals surface area contributed by atoms with E-state index >= 15 is 0 Å². The summed E-state index contributed by atoms with van der Waals surface area (Å²) in [5, 5.41) is 0. The van der Waals surface area contributed by atoms with Crippen LogP contribution in [0.3, 0.4) is 0 Å². The predicted octanol–water partition coefficient (Wildman–Crippen LogP) is 10.2. The van der Waals surface area contributed by atoms with Crippen molar-refractivity contribution in [3.63, 3.8) is 0 Å². The van der Waals surface area contributed by atoms with E-state index in [1.165, 1.54) is 70.5 Å². The highest BCUT2D eigenvalue weighted by Gasteiger charge is 2.28. The molecule has 0 radical (unpaired) electrons. The van der Waals surface area contributed by atoms with Crippen molar-refractivity contribution in [2.75, 3.05) is 0 Å². The van der Waals surface area contributed by atoms with Crippen molar-refractivity contribution in [2.24, 2.45) is 15.9 Å². The molecule has 214 valence electrons. The van der Waals surface area contributed by atoms with Gasteiger partial charge in [-0.05, 0) is 107 Å². The molecule has 1 aromatic carbocycles. The van der Waals surface area contributed by atoms with Crippen LogP contribution >= 0.6 is 0 Å². The van der Waals surface area contributed by atoms with E-state index in [1.54, 1.807) is 0 Å². The molecule has 40 heavy (non-hydrogen) atoms. The van der Waals surface area contributed by atoms with Gasteiger partial charge < -0.3 is 0 Å². The van der Waals surface area contributed by atoms with Gasteiger partial charge in [-0.25, -0.2) is 9.98 Å². The van der Waals surface area contributed by atoms with Gasteiger partial charge in [0, 0.05) is 17.5 Å². The highest BCUT2D eigenvalue weighted by atomic mass is 15.2. The maximum absolute atomic E-state index is 5.28. The minimum absolute atomic E-state index is 0.00761. The van der Waals surface area contributed by atoms with E-state index in [9.17, 15) is 0 Å². The van der Waals surface area contributed by atoms with Crippen LogP contribution < -0.4 is 0 Å². The summed E-state index contributed by atoms with van der Waals surface area (Å²) >= 11 is 0. The molecule has 3 atom stereocenters. The van der Waals surface area contributed by atoms with Gasteiger partial charge in [-0.3, -0.25) is 4.57 Å². The average Bonchev–Trinajstić information content (AvgIpc) is 3.04. The largest absolute Gasteiger partial charge is 0.283 e. The second kappa shape index (κ2) is 14.4. The Morgan fingerprint density at radius 1 is 1.10 bits per heavy atom. The number of hydrogen-bond donors (Lipinski definition) is 0. The first-order valence-corrected chi connectivity index (χ1v) is 15.1. The molecule has 3 unspecified atom stereocenters. The minimum atomic E-state index is 0.00761. The Bertz CT molecular complexity index is 1310. The topological polar surface area (TPSA) is 29.6 Å². The van der Waals surface area contributed by atoms with Crippen molar-refractivity contribution in [2.45, 2.75) is 105 Å². The van der Waals surface area contributed by atoms with Crippen molar-refractivity contribution in [1.82, 2.24) is 4.57 Å². The van der Waals surface area contributed by atoms with Crippen molar-refractivity contribution in [3.8, 4) is 0 Å². The summed E-state index contributed by atoms with van der Waals surface area (Å²) < 4.78 is 2.25. The summed E-state index contributed by atoms with van der Waals surface area (Å²) in [6, 6.07) is 6.66. The molecule has 0 amide bonds. The summed E-state index contributed by atoms with van der Waals surface area (Å²) in [6.45, 7) is 25.8. The van der Waals surface area contributed by atoms with Crippen LogP contribution in [-0.2, 0) is 6.42 Å². The Kier molecular flexibility index (Phi) is 11.3. The molecule has 0 aliphatic heterocycles. The monoisotopic (exact) mass is 537 g/mol. The molecule has 0 N–H and O–H groups in total. The molecular formula is C37H51N3. The van der Waals surface area contributed by atoms with Gasteiger partial charge in [0.1, 0.15) is 0 Å². The number of aliphatic imine (C=N–C) groups is 2. The second-order valence-electron chi connectivity index (χ2n) is 11.9. The van der Waals surface area contributed by atoms with Gasteiger partial charge in [-0.1, -0.05) is 87.9 Å². The van der Waals surface area contributed by atoms with Gasteiger partial charge in [0.2, 0.25) is 5.96 Å². The lowest BCUT2D eigenvalue weighted by atomic mass is 9.84. The Balaban J connectivity index is 2.15. The van der Waals surface area contributed by atoms with Crippen molar-refractivity contribution >= 4 is 24.8 Å². The lowest BCUT2D eigenvalue weighted by molar-refractivity contribution is 0.589. The van der Waals surface area contributed by atoms with Gasteiger partial charge >= 0.3 is 0 Å². The molecule has 1 aliphatic carbocycles. The molecule has 0 saturated carbocycles. The summed E-state index contributed by atoms with van der Waals surface area (Å²) in [4.78, 5) is 9.83. The smallest absolute Gasteiger partial charge is 0.229 e. The molecule has 1 aliphatic rings. The normalized spacial score (nSPS) is 18.3. The summed E-state index contributed by atoms with van der Waals surface area (Å²) in [6.07, 6.45) is 18.8. The summed E-state index contributed by atoms with van der Waals surface area (Å²) in [5.74, 6) is 1.88. The van der Waals surface area contributed by atoms with Crippen LogP contribution in [0.5, 0.6) is 0 Å². The Hall–Kier alpha value is -3.20. The van der Waals surface area contributed by atoms with E-state index in [0.717, 1.165) is 6.42 Å². The van der Waals surface area contributed by atoms with Crippen LogP contribution in [0.1, 0.15) is 118 Å². The highest BCUT2D eigenvalue weighted by Crippen LogP contribution is 2.40. The molecule has 0 spiro atoms. The van der Waals surface area contributed by atoms with Crippen LogP contribution in [0.25, 0.3) is 12.2 Å². The van der Waals surface area contributed by atoms with Gasteiger partial charge in [0.25, 0.3) is 0 Å². The first-order valence-electron chi connectivity index (χ1n) is 15.1. The molecule has 3 rings (SSSR count). The maximum atomic E-state index is 5.28. The van der Waals surface area contributed by atoms with Crippen molar-refractivity contribution in [1.29, 1.82) is 0 Å². The standard InChI is InChI=1S/C37H51N3/c1-11-13-20-31-21-17-22-32(24-25(3)4)35(31)27(6)29(8)39-37(38-10)40-30(9)28(7)36(34(40)18-12-2)33-23-16-14-15-19-26(33)5/h11-13,17-22,25,27,29,33H,1,10,14-16,23-24H2,2-9H3/b18-12-,20-13-,39-37+. The summed E-state index contributed by atoms with van der Waals surface area (Å²) in [5.41, 5.74) is 10.6. The zero-order valence-electron chi connectivity index (χ0n) is 26.3. The third kappa shape index (κ3) is 6.92. The molecule has 0 bridgehead atoms. The van der Waals surface area contributed by atoms with Crippen LogP contribution in [0.15, 0.2) is 64.6 Å². The first kappa shape index (κ1) is 31.3. The van der Waals surface area contributed by atoms with E-state index in [4.69, 9.17) is 4.99 Å². The molecule has 0 saturated heterocycles. The lowest BCUT2D eigenvalue weighted by Gasteiger charge is -2.24. The zero-order valence-corrected chi connectivity index (χ0v) is 26.3. The van der Waals surface area contributed by atoms with Gasteiger partial charge in [-0.2, -0.15) is 0 Å². The lowest BCUT2D eigenvalue weighted by Crippen LogP contribution is -2.20.